The van der Waals surface area contributed by atoms with E-state index in [4.69, 9.17) is 0 Å². The number of sulfone groups is 1. The Bertz CT molecular complexity index is 1020. The Hall–Kier alpha value is -1.68. The summed E-state index contributed by atoms with van der Waals surface area (Å²) in [5.74, 6) is 0.384. The molecule has 1 aliphatic carbocycles. The van der Waals surface area contributed by atoms with Crippen molar-refractivity contribution in [3.8, 4) is 0 Å². The molecule has 1 aromatic carbocycles. The number of piperidine rings is 1. The zero-order chi connectivity index (χ0) is 21.7. The minimum atomic E-state index is -4.58. The maximum atomic E-state index is 13.3. The van der Waals surface area contributed by atoms with E-state index in [1.165, 1.54) is 6.07 Å². The molecule has 4 rings (SSSR count). The van der Waals surface area contributed by atoms with Crippen LogP contribution in [0.25, 0.3) is 0 Å². The Morgan fingerprint density at radius 2 is 1.73 bits per heavy atom. The highest BCUT2D eigenvalue weighted by Gasteiger charge is 2.45. The van der Waals surface area contributed by atoms with Gasteiger partial charge < -0.3 is 4.90 Å². The molecule has 2 aromatic rings. The van der Waals surface area contributed by atoms with Gasteiger partial charge in [-0.3, -0.25) is 0 Å². The predicted molar refractivity (Wildman–Crippen MR) is 110 cm³/mol. The van der Waals surface area contributed by atoms with E-state index in [9.17, 15) is 21.6 Å². The van der Waals surface area contributed by atoms with Gasteiger partial charge in [-0.1, -0.05) is 17.4 Å². The number of anilines is 1. The van der Waals surface area contributed by atoms with Crippen molar-refractivity contribution in [1.82, 2.24) is 10.2 Å². The lowest BCUT2D eigenvalue weighted by Crippen LogP contribution is -2.46. The summed E-state index contributed by atoms with van der Waals surface area (Å²) < 4.78 is 64.5. The molecule has 2 aliphatic rings. The number of benzene rings is 1. The molecule has 1 aliphatic heterocycles. The molecule has 2 heterocycles. The maximum Gasteiger partial charge on any atom is 0.416 e. The Morgan fingerprint density at radius 3 is 2.33 bits per heavy atom. The van der Waals surface area contributed by atoms with Gasteiger partial charge in [-0.05, 0) is 63.6 Å². The van der Waals surface area contributed by atoms with Crippen LogP contribution in [0.1, 0.15) is 56.0 Å². The smallest absolute Gasteiger partial charge is 0.347 e. The highest BCUT2D eigenvalue weighted by Crippen LogP contribution is 2.44. The number of halogens is 3. The first-order chi connectivity index (χ1) is 14.0. The first-order valence-electron chi connectivity index (χ1n) is 10.0. The van der Waals surface area contributed by atoms with Gasteiger partial charge in [0.2, 0.25) is 5.13 Å². The molecule has 5 nitrogen and oxygen atoms in total. The highest BCUT2D eigenvalue weighted by molar-refractivity contribution is 7.92. The summed E-state index contributed by atoms with van der Waals surface area (Å²) in [6.07, 6.45) is -0.994. The molecule has 10 heteroatoms. The first kappa shape index (κ1) is 21.5. The zero-order valence-corrected chi connectivity index (χ0v) is 18.4. The third kappa shape index (κ3) is 3.95. The van der Waals surface area contributed by atoms with Crippen LogP contribution >= 0.6 is 11.3 Å². The molecule has 1 saturated carbocycles. The molecule has 1 aromatic heterocycles. The molecule has 0 bridgehead atoms. The van der Waals surface area contributed by atoms with Crippen LogP contribution in [0, 0.1) is 5.92 Å². The molecule has 0 amide bonds. The third-order valence-corrected chi connectivity index (χ3v) is 10.0. The van der Waals surface area contributed by atoms with Gasteiger partial charge in [-0.2, -0.15) is 13.2 Å². The Labute approximate surface area is 178 Å². The van der Waals surface area contributed by atoms with Gasteiger partial charge in [0.25, 0.3) is 0 Å². The van der Waals surface area contributed by atoms with Crippen LogP contribution in [0.3, 0.4) is 0 Å². The minimum Gasteiger partial charge on any atom is -0.347 e. The van der Waals surface area contributed by atoms with E-state index in [1.54, 1.807) is 25.2 Å². The van der Waals surface area contributed by atoms with Crippen molar-refractivity contribution in [1.29, 1.82) is 0 Å². The lowest BCUT2D eigenvalue weighted by molar-refractivity contribution is -0.137. The molecule has 0 atom stereocenters. The Morgan fingerprint density at radius 1 is 1.07 bits per heavy atom. The second-order valence-electron chi connectivity index (χ2n) is 8.59. The number of rotatable bonds is 5. The summed E-state index contributed by atoms with van der Waals surface area (Å²) >= 11 is 1.60. The molecule has 30 heavy (non-hydrogen) atoms. The van der Waals surface area contributed by atoms with Gasteiger partial charge in [0.05, 0.1) is 15.2 Å². The standard InChI is InChI=1S/C20H24F3N3O2S2/c1-19(2,30(27,28)16-5-3-4-15(12-16)20(21,22)23)14-8-10-26(11-9-14)18-25-24-17(29-18)13-6-7-13/h3-5,12-14H,6-11H2,1-2H3. The van der Waals surface area contributed by atoms with Crippen LogP contribution in [0.5, 0.6) is 0 Å². The molecule has 0 N–H and O–H groups in total. The fraction of sp³-hybridized carbons (Fsp3) is 0.600. The monoisotopic (exact) mass is 459 g/mol. The average Bonchev–Trinajstić information content (AvgIpc) is 3.44. The van der Waals surface area contributed by atoms with Crippen molar-refractivity contribution in [2.75, 3.05) is 18.0 Å². The molecule has 0 unspecified atom stereocenters. The van der Waals surface area contributed by atoms with Gasteiger partial charge in [-0.15, -0.1) is 10.2 Å². The quantitative estimate of drug-likeness (QED) is 0.636. The Kier molecular flexibility index (Phi) is 5.37. The topological polar surface area (TPSA) is 63.2 Å². The van der Waals surface area contributed by atoms with Gasteiger partial charge in [0.1, 0.15) is 5.01 Å². The van der Waals surface area contributed by atoms with E-state index in [0.717, 1.165) is 41.2 Å². The molecule has 0 radical (unpaired) electrons. The van der Waals surface area contributed by atoms with E-state index in [2.05, 4.69) is 15.1 Å². The van der Waals surface area contributed by atoms with Crippen LogP contribution in [-0.2, 0) is 16.0 Å². The number of hydrogen-bond donors (Lipinski definition) is 0. The fourth-order valence-electron chi connectivity index (χ4n) is 3.98. The SMILES string of the molecule is CC(C)(C1CCN(c2nnc(C3CC3)s2)CC1)S(=O)(=O)c1cccc(C(F)(F)F)c1. The minimum absolute atomic E-state index is 0.163. The number of aromatic nitrogens is 2. The Balaban J connectivity index is 1.49. The summed E-state index contributed by atoms with van der Waals surface area (Å²) in [7, 11) is -3.95. The lowest BCUT2D eigenvalue weighted by Gasteiger charge is -2.40. The molecule has 2 fully saturated rings. The molecule has 0 spiro atoms. The van der Waals surface area contributed by atoms with Crippen molar-refractivity contribution in [2.45, 2.75) is 61.3 Å². The van der Waals surface area contributed by atoms with Crippen LogP contribution in [0.15, 0.2) is 29.2 Å². The molecule has 164 valence electrons. The van der Waals surface area contributed by atoms with E-state index < -0.39 is 26.3 Å². The molecular formula is C20H24F3N3O2S2. The number of hydrogen-bond acceptors (Lipinski definition) is 6. The van der Waals surface area contributed by atoms with Crippen molar-refractivity contribution in [2.24, 2.45) is 5.92 Å². The van der Waals surface area contributed by atoms with Crippen LogP contribution < -0.4 is 4.90 Å². The van der Waals surface area contributed by atoms with E-state index >= 15 is 0 Å². The van der Waals surface area contributed by atoms with Gasteiger partial charge in [0, 0.05) is 19.0 Å². The summed E-state index contributed by atoms with van der Waals surface area (Å²) in [4.78, 5) is 1.86. The van der Waals surface area contributed by atoms with Gasteiger partial charge in [-0.25, -0.2) is 8.42 Å². The van der Waals surface area contributed by atoms with Gasteiger partial charge >= 0.3 is 6.18 Å². The largest absolute Gasteiger partial charge is 0.416 e. The summed E-state index contributed by atoms with van der Waals surface area (Å²) in [6.45, 7) is 4.56. The predicted octanol–water partition coefficient (Wildman–Crippen LogP) is 4.90. The zero-order valence-electron chi connectivity index (χ0n) is 16.8. The summed E-state index contributed by atoms with van der Waals surface area (Å²) in [5.41, 5.74) is -0.947. The number of alkyl halides is 3. The normalized spacial score (nSPS) is 19.3. The van der Waals surface area contributed by atoms with Crippen molar-refractivity contribution in [3.63, 3.8) is 0 Å². The lowest BCUT2D eigenvalue weighted by atomic mass is 9.86. The number of nitrogens with zero attached hydrogens (tertiary/aromatic N) is 3. The van der Waals surface area contributed by atoms with Crippen molar-refractivity contribution < 1.29 is 21.6 Å². The summed E-state index contributed by atoms with van der Waals surface area (Å²) in [6, 6.07) is 4.04. The van der Waals surface area contributed by atoms with Gasteiger partial charge in [0.15, 0.2) is 9.84 Å². The highest BCUT2D eigenvalue weighted by atomic mass is 32.2. The van der Waals surface area contributed by atoms with Crippen molar-refractivity contribution >= 4 is 26.3 Å². The first-order valence-corrected chi connectivity index (χ1v) is 12.3. The maximum absolute atomic E-state index is 13.3. The van der Waals surface area contributed by atoms with E-state index in [-0.39, 0.29) is 10.8 Å². The molecule has 1 saturated heterocycles. The second kappa shape index (κ2) is 7.47. The second-order valence-corrected chi connectivity index (χ2v) is 12.1. The van der Waals surface area contributed by atoms with Crippen LogP contribution in [0.4, 0.5) is 18.3 Å². The van der Waals surface area contributed by atoms with E-state index in [1.807, 2.05) is 0 Å². The molecular weight excluding hydrogens is 435 g/mol. The summed E-state index contributed by atoms with van der Waals surface area (Å²) in [5, 5.41) is 10.5. The third-order valence-electron chi connectivity index (χ3n) is 6.27. The van der Waals surface area contributed by atoms with Crippen LogP contribution in [0.2, 0.25) is 0 Å². The van der Waals surface area contributed by atoms with Crippen LogP contribution in [-0.4, -0.2) is 36.5 Å². The average molecular weight is 460 g/mol. The van der Waals surface area contributed by atoms with E-state index in [0.29, 0.717) is 31.8 Å². The van der Waals surface area contributed by atoms with Crippen molar-refractivity contribution in [3.05, 3.63) is 34.8 Å². The fourth-order valence-corrected chi connectivity index (χ4v) is 6.86.